The fraction of sp³-hybridized carbons (Fsp3) is 0.800. The fourth-order valence-electron chi connectivity index (χ4n) is 0.185. The van der Waals surface area contributed by atoms with Crippen LogP contribution in [0.4, 0.5) is 0 Å². The van der Waals surface area contributed by atoms with Gasteiger partial charge < -0.3 is 16.7 Å². The van der Waals surface area contributed by atoms with Gasteiger partial charge in [-0.2, -0.15) is 0 Å². The molecule has 0 aliphatic carbocycles. The second-order valence-corrected chi connectivity index (χ2v) is 2.18. The van der Waals surface area contributed by atoms with E-state index in [1.807, 2.05) is 0 Å². The van der Waals surface area contributed by atoms with Crippen LogP contribution >= 0.6 is 0 Å². The number of hydrogen-bond acceptors (Lipinski definition) is 3. The molecule has 0 aromatic carbocycles. The van der Waals surface area contributed by atoms with Crippen LogP contribution in [0.5, 0.6) is 0 Å². The smallest absolute Gasteiger partial charge is 1.00 e. The Morgan fingerprint density at radius 3 is 1.80 bits per heavy atom. The molecule has 0 bridgehead atoms. The van der Waals surface area contributed by atoms with E-state index in [2.05, 4.69) is 0 Å². The maximum Gasteiger partial charge on any atom is 1.00 e. The SMILES string of the molecule is CC(CO)(CO)C(=O)O.[H-].[K+]. The molecule has 0 unspecified atom stereocenters. The Balaban J connectivity index is -0.000000320. The standard InChI is InChI=1S/C5H10O4.K.H/c1-5(2-6,3-7)4(8)9;;/h6-7H,2-3H2,1H3,(H,8,9);;/q;+1;-1. The van der Waals surface area contributed by atoms with Gasteiger partial charge in [-0.05, 0) is 6.92 Å². The van der Waals surface area contributed by atoms with Crippen LogP contribution in [0.3, 0.4) is 0 Å². The van der Waals surface area contributed by atoms with E-state index >= 15 is 0 Å². The summed E-state index contributed by atoms with van der Waals surface area (Å²) >= 11 is 0. The Morgan fingerprint density at radius 2 is 1.80 bits per heavy atom. The Bertz CT molecular complexity index is 115. The van der Waals surface area contributed by atoms with Gasteiger partial charge in [-0.15, -0.1) is 0 Å². The number of carboxylic acid groups (broad SMARTS) is 1. The Morgan fingerprint density at radius 1 is 1.50 bits per heavy atom. The molecule has 10 heavy (non-hydrogen) atoms. The molecule has 0 atom stereocenters. The Labute approximate surface area is 103 Å². The van der Waals surface area contributed by atoms with E-state index in [9.17, 15) is 4.79 Å². The van der Waals surface area contributed by atoms with Gasteiger partial charge in [0.25, 0.3) is 0 Å². The van der Waals surface area contributed by atoms with Gasteiger partial charge in [-0.25, -0.2) is 0 Å². The number of hydrogen-bond donors (Lipinski definition) is 3. The topological polar surface area (TPSA) is 77.8 Å². The molecule has 3 N–H and O–H groups in total. The van der Waals surface area contributed by atoms with Gasteiger partial charge in [-0.3, -0.25) is 4.79 Å². The molecule has 0 radical (unpaired) electrons. The van der Waals surface area contributed by atoms with Crippen molar-refractivity contribution in [2.45, 2.75) is 6.92 Å². The molecule has 4 nitrogen and oxygen atoms in total. The minimum absolute atomic E-state index is 0. The van der Waals surface area contributed by atoms with Gasteiger partial charge in [0.05, 0.1) is 13.2 Å². The van der Waals surface area contributed by atoms with Crippen molar-refractivity contribution in [3.63, 3.8) is 0 Å². The number of carbonyl (C=O) groups is 1. The molecule has 56 valence electrons. The van der Waals surface area contributed by atoms with Gasteiger partial charge >= 0.3 is 57.4 Å². The molecule has 0 aliphatic rings. The molecule has 0 spiro atoms. The minimum Gasteiger partial charge on any atom is -1.00 e. The van der Waals surface area contributed by atoms with E-state index in [4.69, 9.17) is 15.3 Å². The summed E-state index contributed by atoms with van der Waals surface area (Å²) in [6.45, 7) is 0.187. The van der Waals surface area contributed by atoms with Crippen LogP contribution in [0.2, 0.25) is 0 Å². The number of rotatable bonds is 3. The molecule has 0 fully saturated rings. The van der Waals surface area contributed by atoms with E-state index in [0.717, 1.165) is 0 Å². The third kappa shape index (κ3) is 3.43. The van der Waals surface area contributed by atoms with Crippen molar-refractivity contribution < 1.29 is 72.9 Å². The molecular formula is C5H11KO4. The van der Waals surface area contributed by atoms with Gasteiger partial charge in [0.2, 0.25) is 0 Å². The summed E-state index contributed by atoms with van der Waals surface area (Å²) in [5, 5.41) is 25.1. The van der Waals surface area contributed by atoms with E-state index < -0.39 is 24.6 Å². The fourth-order valence-corrected chi connectivity index (χ4v) is 0.185. The first-order valence-corrected chi connectivity index (χ1v) is 2.52. The molecule has 0 aromatic heterocycles. The van der Waals surface area contributed by atoms with Crippen LogP contribution < -0.4 is 51.4 Å². The Hall–Kier alpha value is 1.03. The van der Waals surface area contributed by atoms with E-state index in [-0.39, 0.29) is 52.8 Å². The minimum atomic E-state index is -1.39. The first-order chi connectivity index (χ1) is 4.06. The summed E-state index contributed by atoms with van der Waals surface area (Å²) in [6, 6.07) is 0. The quantitative estimate of drug-likeness (QED) is 0.383. The van der Waals surface area contributed by atoms with Crippen LogP contribution in [0, 0.1) is 5.41 Å². The monoisotopic (exact) mass is 174 g/mol. The molecule has 0 saturated carbocycles. The van der Waals surface area contributed by atoms with E-state index in [1.165, 1.54) is 6.92 Å². The van der Waals surface area contributed by atoms with Gasteiger partial charge in [0.15, 0.2) is 0 Å². The maximum absolute atomic E-state index is 10.2. The molecule has 0 aliphatic heterocycles. The maximum atomic E-state index is 10.2. The summed E-state index contributed by atoms with van der Waals surface area (Å²) in [6.07, 6.45) is 0. The van der Waals surface area contributed by atoms with Crippen LogP contribution in [0.15, 0.2) is 0 Å². The van der Waals surface area contributed by atoms with Crippen molar-refractivity contribution in [1.82, 2.24) is 0 Å². The molecule has 0 aromatic rings. The molecular weight excluding hydrogens is 163 g/mol. The normalized spacial score (nSPS) is 10.3. The molecule has 0 amide bonds. The van der Waals surface area contributed by atoms with Crippen LogP contribution in [0.25, 0.3) is 0 Å². The molecule has 0 heterocycles. The number of aliphatic hydroxyl groups is 2. The van der Waals surface area contributed by atoms with Crippen molar-refractivity contribution >= 4 is 5.97 Å². The first-order valence-electron chi connectivity index (χ1n) is 2.52. The van der Waals surface area contributed by atoms with Gasteiger partial charge in [-0.1, -0.05) is 0 Å². The van der Waals surface area contributed by atoms with Crippen LogP contribution in [-0.2, 0) is 4.79 Å². The zero-order valence-corrected chi connectivity index (χ0v) is 9.29. The summed E-state index contributed by atoms with van der Waals surface area (Å²) in [5.74, 6) is -1.19. The van der Waals surface area contributed by atoms with Crippen molar-refractivity contribution in [2.75, 3.05) is 13.2 Å². The van der Waals surface area contributed by atoms with E-state index in [1.54, 1.807) is 0 Å². The number of aliphatic hydroxyl groups excluding tert-OH is 2. The van der Waals surface area contributed by atoms with Crippen molar-refractivity contribution in [2.24, 2.45) is 5.41 Å². The summed E-state index contributed by atoms with van der Waals surface area (Å²) in [4.78, 5) is 10.2. The Kier molecular flexibility index (Phi) is 7.68. The molecule has 0 saturated heterocycles. The number of aliphatic carboxylic acids is 1. The van der Waals surface area contributed by atoms with Crippen molar-refractivity contribution in [1.29, 1.82) is 0 Å². The first kappa shape index (κ1) is 13.6. The average Bonchev–Trinajstić information content (AvgIpc) is 1.86. The zero-order valence-electron chi connectivity index (χ0n) is 7.16. The predicted octanol–water partition coefficient (Wildman–Crippen LogP) is -3.82. The van der Waals surface area contributed by atoms with Crippen molar-refractivity contribution in [3.05, 3.63) is 0 Å². The third-order valence-corrected chi connectivity index (χ3v) is 1.21. The summed E-state index contributed by atoms with van der Waals surface area (Å²) in [7, 11) is 0. The molecule has 5 heteroatoms. The molecule has 0 rings (SSSR count). The second-order valence-electron chi connectivity index (χ2n) is 2.18. The van der Waals surface area contributed by atoms with Crippen LogP contribution in [0.1, 0.15) is 8.35 Å². The average molecular weight is 174 g/mol. The zero-order chi connectivity index (χ0) is 7.49. The largest absolute Gasteiger partial charge is 1.00 e. The summed E-state index contributed by atoms with van der Waals surface area (Å²) in [5.41, 5.74) is -1.39. The van der Waals surface area contributed by atoms with Gasteiger partial charge in [0, 0.05) is 0 Å². The summed E-state index contributed by atoms with van der Waals surface area (Å²) < 4.78 is 0. The number of carboxylic acids is 1. The second kappa shape index (κ2) is 5.65. The van der Waals surface area contributed by atoms with Crippen LogP contribution in [-0.4, -0.2) is 34.5 Å². The predicted molar refractivity (Wildman–Crippen MR) is 31.0 cm³/mol. The van der Waals surface area contributed by atoms with Crippen molar-refractivity contribution in [3.8, 4) is 0 Å². The van der Waals surface area contributed by atoms with Gasteiger partial charge in [0.1, 0.15) is 5.41 Å². The third-order valence-electron chi connectivity index (χ3n) is 1.21. The van der Waals surface area contributed by atoms with E-state index in [0.29, 0.717) is 0 Å².